The summed E-state index contributed by atoms with van der Waals surface area (Å²) in [5.41, 5.74) is 2.20. The summed E-state index contributed by atoms with van der Waals surface area (Å²) in [5, 5.41) is 10.8. The molecule has 6 nitrogen and oxygen atoms in total. The van der Waals surface area contributed by atoms with E-state index in [0.29, 0.717) is 11.1 Å². The third-order valence-corrected chi connectivity index (χ3v) is 3.98. The van der Waals surface area contributed by atoms with Crippen LogP contribution in [0.25, 0.3) is 0 Å². The van der Waals surface area contributed by atoms with Gasteiger partial charge < -0.3 is 4.74 Å². The highest BCUT2D eigenvalue weighted by molar-refractivity contribution is 8.18. The highest BCUT2D eigenvalue weighted by Gasteiger charge is 2.24. The molecule has 1 fully saturated rings. The molecule has 1 aromatic carbocycles. The molecular formula is C17H19N3O3S. The lowest BCUT2D eigenvalue weighted by atomic mass is 10.0. The van der Waals surface area contributed by atoms with E-state index in [9.17, 15) is 9.59 Å². The van der Waals surface area contributed by atoms with E-state index in [2.05, 4.69) is 46.2 Å². The minimum Gasteiger partial charge on any atom is -0.466 e. The molecule has 0 aromatic heterocycles. The molecule has 0 radical (unpaired) electrons. The Labute approximate surface area is 145 Å². The van der Waals surface area contributed by atoms with Crippen LogP contribution in [0.15, 0.2) is 45.4 Å². The smallest absolute Gasteiger partial charge is 0.331 e. The first-order valence-corrected chi connectivity index (χ1v) is 8.28. The molecular weight excluding hydrogens is 326 g/mol. The monoisotopic (exact) mass is 345 g/mol. The van der Waals surface area contributed by atoms with Crippen molar-refractivity contribution >= 4 is 35.0 Å². The van der Waals surface area contributed by atoms with Gasteiger partial charge in [0.05, 0.1) is 18.2 Å². The summed E-state index contributed by atoms with van der Waals surface area (Å²) >= 11 is 1.04. The van der Waals surface area contributed by atoms with Crippen molar-refractivity contribution < 1.29 is 14.3 Å². The molecule has 0 unspecified atom stereocenters. The van der Waals surface area contributed by atoms with Gasteiger partial charge in [0.15, 0.2) is 5.17 Å². The van der Waals surface area contributed by atoms with Crippen molar-refractivity contribution in [3.05, 3.63) is 46.4 Å². The molecule has 1 aromatic rings. The molecule has 1 amide bonds. The van der Waals surface area contributed by atoms with Gasteiger partial charge in [-0.05, 0) is 35.2 Å². The van der Waals surface area contributed by atoms with E-state index in [1.54, 1.807) is 6.21 Å². The number of hydrogen-bond acceptors (Lipinski definition) is 6. The van der Waals surface area contributed by atoms with Crippen molar-refractivity contribution in [3.63, 3.8) is 0 Å². The van der Waals surface area contributed by atoms with E-state index in [0.717, 1.165) is 29.8 Å². The van der Waals surface area contributed by atoms with Gasteiger partial charge in [0.2, 0.25) is 0 Å². The minimum absolute atomic E-state index is 0.230. The van der Waals surface area contributed by atoms with Gasteiger partial charge in [-0.15, -0.1) is 5.10 Å². The average molecular weight is 345 g/mol. The molecule has 7 heteroatoms. The third kappa shape index (κ3) is 5.34. The van der Waals surface area contributed by atoms with Gasteiger partial charge >= 0.3 is 5.97 Å². The van der Waals surface area contributed by atoms with Crippen molar-refractivity contribution in [2.45, 2.75) is 20.3 Å². The van der Waals surface area contributed by atoms with Gasteiger partial charge in [0, 0.05) is 6.08 Å². The average Bonchev–Trinajstić information content (AvgIpc) is 2.88. The van der Waals surface area contributed by atoms with Crippen LogP contribution in [0.1, 0.15) is 25.0 Å². The second-order valence-electron chi connectivity index (χ2n) is 5.58. The highest BCUT2D eigenvalue weighted by atomic mass is 32.2. The van der Waals surface area contributed by atoms with Crippen molar-refractivity contribution in [1.29, 1.82) is 0 Å². The van der Waals surface area contributed by atoms with E-state index in [4.69, 9.17) is 0 Å². The van der Waals surface area contributed by atoms with Crippen LogP contribution in [0.4, 0.5) is 0 Å². The van der Waals surface area contributed by atoms with E-state index >= 15 is 0 Å². The summed E-state index contributed by atoms with van der Waals surface area (Å²) in [4.78, 5) is 23.0. The second-order valence-corrected chi connectivity index (χ2v) is 6.61. The minimum atomic E-state index is -0.584. The second kappa shape index (κ2) is 8.44. The van der Waals surface area contributed by atoms with Gasteiger partial charge in [-0.1, -0.05) is 38.1 Å². The number of hydrogen-bond donors (Lipinski definition) is 1. The first-order chi connectivity index (χ1) is 11.5. The number of methoxy groups -OCH3 is 1. The molecule has 126 valence electrons. The Morgan fingerprint density at radius 1 is 1.33 bits per heavy atom. The Morgan fingerprint density at radius 2 is 2.04 bits per heavy atom. The summed E-state index contributed by atoms with van der Waals surface area (Å²) in [6, 6.07) is 8.09. The maximum absolute atomic E-state index is 11.7. The van der Waals surface area contributed by atoms with Gasteiger partial charge in [-0.3, -0.25) is 10.1 Å². The van der Waals surface area contributed by atoms with E-state index in [1.807, 2.05) is 12.1 Å². The molecule has 1 saturated heterocycles. The van der Waals surface area contributed by atoms with Crippen LogP contribution < -0.4 is 5.32 Å². The van der Waals surface area contributed by atoms with Crippen molar-refractivity contribution in [3.8, 4) is 0 Å². The standard InChI is InChI=1S/C17H19N3O3S/c1-11(2)8-12-4-6-13(7-5-12)10-18-20-17-19-16(22)14(24-17)9-15(21)23-3/h4-7,9-11H,8H2,1-3H3,(H,19,20,22)/b14-9+,18-10?. The molecule has 0 aliphatic carbocycles. The number of esters is 1. The quantitative estimate of drug-likeness (QED) is 0.385. The Bertz CT molecular complexity index is 706. The van der Waals surface area contributed by atoms with Gasteiger partial charge in [-0.2, -0.15) is 5.10 Å². The first kappa shape index (κ1) is 17.9. The van der Waals surface area contributed by atoms with E-state index in [-0.39, 0.29) is 4.91 Å². The van der Waals surface area contributed by atoms with Gasteiger partial charge in [-0.25, -0.2) is 4.79 Å². The van der Waals surface area contributed by atoms with Crippen molar-refractivity contribution in [1.82, 2.24) is 5.32 Å². The molecule has 0 atom stereocenters. The Hall–Kier alpha value is -2.41. The van der Waals surface area contributed by atoms with Gasteiger partial charge in [0.25, 0.3) is 5.91 Å². The van der Waals surface area contributed by atoms with Crippen LogP contribution in [0, 0.1) is 5.92 Å². The lowest BCUT2D eigenvalue weighted by molar-refractivity contribution is -0.135. The maximum Gasteiger partial charge on any atom is 0.331 e. The SMILES string of the molecule is COC(=O)/C=C1/S/C(=N\N=Cc2ccc(CC(C)C)cc2)NC1=O. The zero-order valence-corrected chi connectivity index (χ0v) is 14.6. The zero-order chi connectivity index (χ0) is 17.5. The van der Waals surface area contributed by atoms with Crippen LogP contribution in [0.3, 0.4) is 0 Å². The van der Waals surface area contributed by atoms with Crippen LogP contribution in [-0.2, 0) is 20.7 Å². The number of nitrogens with zero attached hydrogens (tertiary/aromatic N) is 2. The number of ether oxygens (including phenoxy) is 1. The molecule has 0 bridgehead atoms. The predicted molar refractivity (Wildman–Crippen MR) is 95.8 cm³/mol. The summed E-state index contributed by atoms with van der Waals surface area (Å²) in [6.07, 6.45) is 3.78. The number of benzene rings is 1. The summed E-state index contributed by atoms with van der Waals surface area (Å²) < 4.78 is 4.49. The van der Waals surface area contributed by atoms with E-state index < -0.39 is 11.9 Å². The summed E-state index contributed by atoms with van der Waals surface area (Å²) in [6.45, 7) is 4.36. The van der Waals surface area contributed by atoms with E-state index in [1.165, 1.54) is 12.7 Å². The molecule has 2 rings (SSSR count). The van der Waals surface area contributed by atoms with Crippen molar-refractivity contribution in [2.75, 3.05) is 7.11 Å². The number of carbonyl (C=O) groups excluding carboxylic acids is 2. The Kier molecular flexibility index (Phi) is 6.31. The predicted octanol–water partition coefficient (Wildman–Crippen LogP) is 2.49. The molecule has 1 aliphatic rings. The number of carbonyl (C=O) groups is 2. The fraction of sp³-hybridized carbons (Fsp3) is 0.294. The number of rotatable bonds is 5. The summed E-state index contributed by atoms with van der Waals surface area (Å²) in [5.74, 6) is -0.359. The Balaban J connectivity index is 1.98. The van der Waals surface area contributed by atoms with Crippen LogP contribution in [0.5, 0.6) is 0 Å². The number of amides is 1. The lowest BCUT2D eigenvalue weighted by Gasteiger charge is -2.04. The topological polar surface area (TPSA) is 80.1 Å². The number of amidine groups is 1. The molecule has 24 heavy (non-hydrogen) atoms. The fourth-order valence-electron chi connectivity index (χ4n) is 2.00. The third-order valence-electron chi connectivity index (χ3n) is 3.08. The molecule has 1 heterocycles. The highest BCUT2D eigenvalue weighted by Crippen LogP contribution is 2.23. The molecule has 0 spiro atoms. The molecule has 1 aliphatic heterocycles. The van der Waals surface area contributed by atoms with Crippen LogP contribution >= 0.6 is 11.8 Å². The largest absolute Gasteiger partial charge is 0.466 e. The van der Waals surface area contributed by atoms with Crippen LogP contribution in [0.2, 0.25) is 0 Å². The van der Waals surface area contributed by atoms with Crippen LogP contribution in [-0.4, -0.2) is 30.4 Å². The Morgan fingerprint density at radius 3 is 2.67 bits per heavy atom. The lowest BCUT2D eigenvalue weighted by Crippen LogP contribution is -2.19. The normalized spacial score (nSPS) is 17.9. The molecule has 0 saturated carbocycles. The number of nitrogens with one attached hydrogen (secondary N) is 1. The maximum atomic E-state index is 11.7. The molecule has 1 N–H and O–H groups in total. The number of thioether (sulfide) groups is 1. The van der Waals surface area contributed by atoms with Crippen molar-refractivity contribution in [2.24, 2.45) is 16.1 Å². The summed E-state index contributed by atoms with van der Waals surface area (Å²) in [7, 11) is 1.25. The first-order valence-electron chi connectivity index (χ1n) is 7.46. The fourth-order valence-corrected chi connectivity index (χ4v) is 2.74. The van der Waals surface area contributed by atoms with Gasteiger partial charge in [0.1, 0.15) is 0 Å². The zero-order valence-electron chi connectivity index (χ0n) is 13.8.